The van der Waals surface area contributed by atoms with Crippen LogP contribution in [0.15, 0.2) is 24.3 Å². The van der Waals surface area contributed by atoms with Gasteiger partial charge in [-0.1, -0.05) is 24.3 Å². The molecular weight excluding hydrogens is 301 g/mol. The minimum absolute atomic E-state index is 0.124. The highest BCUT2D eigenvalue weighted by Gasteiger charge is 2.51. The lowest BCUT2D eigenvalue weighted by atomic mass is 9.78. The van der Waals surface area contributed by atoms with E-state index in [0.717, 1.165) is 18.3 Å². The first-order chi connectivity index (χ1) is 11.1. The Morgan fingerprint density at radius 2 is 1.62 bits per heavy atom. The average molecular weight is 331 g/mol. The van der Waals surface area contributed by atoms with Crippen molar-refractivity contribution < 1.29 is 14.1 Å². The molecule has 0 radical (unpaired) electrons. The smallest absolute Gasteiger partial charge is 0.399 e. The summed E-state index contributed by atoms with van der Waals surface area (Å²) in [4.78, 5) is 11.6. The molecule has 1 amide bonds. The number of aryl methyl sites for hydroxylation is 1. The maximum atomic E-state index is 11.6. The van der Waals surface area contributed by atoms with Gasteiger partial charge in [-0.25, -0.2) is 0 Å². The number of amides is 1. The van der Waals surface area contributed by atoms with Crippen molar-refractivity contribution in [2.75, 3.05) is 0 Å². The van der Waals surface area contributed by atoms with Gasteiger partial charge in [-0.2, -0.15) is 0 Å². The lowest BCUT2D eigenvalue weighted by Crippen LogP contribution is -2.41. The fraction of sp³-hybridized carbons (Fsp3) is 0.632. The molecular formula is C19H30BNO3. The van der Waals surface area contributed by atoms with Gasteiger partial charge in [0.1, 0.15) is 0 Å². The average Bonchev–Trinajstić information content (AvgIpc) is 2.67. The van der Waals surface area contributed by atoms with Crippen LogP contribution in [0.5, 0.6) is 0 Å². The van der Waals surface area contributed by atoms with Crippen LogP contribution in [-0.2, 0) is 20.5 Å². The summed E-state index contributed by atoms with van der Waals surface area (Å²) < 4.78 is 12.1. The zero-order valence-corrected chi connectivity index (χ0v) is 15.8. The van der Waals surface area contributed by atoms with Crippen LogP contribution in [0, 0.1) is 0 Å². The van der Waals surface area contributed by atoms with E-state index in [9.17, 15) is 4.79 Å². The number of rotatable bonds is 6. The molecule has 0 bridgehead atoms. The molecule has 0 saturated carbocycles. The molecule has 0 aliphatic carbocycles. The number of benzene rings is 1. The molecule has 1 aromatic carbocycles. The van der Waals surface area contributed by atoms with Crippen LogP contribution < -0.4 is 10.8 Å². The van der Waals surface area contributed by atoms with Crippen LogP contribution in [0.4, 0.5) is 0 Å². The largest absolute Gasteiger partial charge is 0.494 e. The first-order valence-electron chi connectivity index (χ1n) is 8.84. The van der Waals surface area contributed by atoms with E-state index in [1.807, 2.05) is 13.8 Å². The first-order valence-corrected chi connectivity index (χ1v) is 8.84. The van der Waals surface area contributed by atoms with Gasteiger partial charge in [0.15, 0.2) is 0 Å². The van der Waals surface area contributed by atoms with Crippen LogP contribution >= 0.6 is 0 Å². The maximum absolute atomic E-state index is 11.6. The molecule has 4 nitrogen and oxygen atoms in total. The zero-order valence-electron chi connectivity index (χ0n) is 15.8. The van der Waals surface area contributed by atoms with Gasteiger partial charge in [0.25, 0.3) is 0 Å². The van der Waals surface area contributed by atoms with Crippen molar-refractivity contribution in [3.8, 4) is 0 Å². The van der Waals surface area contributed by atoms with Crippen LogP contribution in [0.3, 0.4) is 0 Å². The van der Waals surface area contributed by atoms with E-state index in [4.69, 9.17) is 9.31 Å². The van der Waals surface area contributed by atoms with Gasteiger partial charge in [-0.3, -0.25) is 4.79 Å². The summed E-state index contributed by atoms with van der Waals surface area (Å²) in [7, 11) is -0.319. The van der Waals surface area contributed by atoms with Crippen molar-refractivity contribution in [1.29, 1.82) is 0 Å². The molecule has 0 spiro atoms. The summed E-state index contributed by atoms with van der Waals surface area (Å²) in [6.45, 7) is 12.2. The third-order valence-electron chi connectivity index (χ3n) is 4.82. The molecule has 1 heterocycles. The van der Waals surface area contributed by atoms with E-state index >= 15 is 0 Å². The van der Waals surface area contributed by atoms with Gasteiger partial charge < -0.3 is 14.6 Å². The summed E-state index contributed by atoms with van der Waals surface area (Å²) >= 11 is 0. The highest BCUT2D eigenvalue weighted by Crippen LogP contribution is 2.36. The maximum Gasteiger partial charge on any atom is 0.494 e. The third-order valence-corrected chi connectivity index (χ3v) is 4.82. The number of carbonyl (C=O) groups excluding carboxylic acids is 1. The molecule has 1 saturated heterocycles. The van der Waals surface area contributed by atoms with Gasteiger partial charge in [-0.15, -0.1) is 0 Å². The first kappa shape index (κ1) is 19.0. The van der Waals surface area contributed by atoms with E-state index in [1.54, 1.807) is 0 Å². The Hall–Kier alpha value is -1.33. The minimum Gasteiger partial charge on any atom is -0.399 e. The molecule has 0 atom stereocenters. The van der Waals surface area contributed by atoms with Crippen molar-refractivity contribution in [1.82, 2.24) is 5.32 Å². The molecule has 1 aliphatic rings. The predicted molar refractivity (Wildman–Crippen MR) is 98.4 cm³/mol. The summed E-state index contributed by atoms with van der Waals surface area (Å²) in [5.74, 6) is 0.124. The number of hydrogen-bond acceptors (Lipinski definition) is 3. The molecule has 0 unspecified atom stereocenters. The summed E-state index contributed by atoms with van der Waals surface area (Å²) in [6, 6.07) is 8.52. The highest BCUT2D eigenvalue weighted by atomic mass is 16.7. The van der Waals surface area contributed by atoms with Crippen LogP contribution in [-0.4, -0.2) is 30.3 Å². The van der Waals surface area contributed by atoms with E-state index in [-0.39, 0.29) is 30.3 Å². The topological polar surface area (TPSA) is 47.6 Å². The van der Waals surface area contributed by atoms with E-state index in [2.05, 4.69) is 57.3 Å². The molecule has 1 aromatic rings. The number of nitrogens with one attached hydrogen (secondary N) is 1. The van der Waals surface area contributed by atoms with Crippen molar-refractivity contribution in [2.24, 2.45) is 0 Å². The highest BCUT2D eigenvalue weighted by molar-refractivity contribution is 6.62. The second-order valence-electron chi connectivity index (χ2n) is 7.91. The standard InChI is InChI=1S/C19H30BNO3/c1-14(2)21-17(22)9-7-8-15-10-12-16(13-11-15)20-23-18(3,4)19(5,6)24-20/h10-14H,7-9H2,1-6H3,(H,21,22). The van der Waals surface area contributed by atoms with Gasteiger partial charge in [-0.05, 0) is 65.4 Å². The predicted octanol–water partition coefficient (Wildman–Crippen LogP) is 2.83. The van der Waals surface area contributed by atoms with E-state index < -0.39 is 0 Å². The van der Waals surface area contributed by atoms with Crippen molar-refractivity contribution >= 4 is 18.5 Å². The molecule has 24 heavy (non-hydrogen) atoms. The van der Waals surface area contributed by atoms with Crippen LogP contribution in [0.2, 0.25) is 0 Å². The Morgan fingerprint density at radius 1 is 1.08 bits per heavy atom. The lowest BCUT2D eigenvalue weighted by molar-refractivity contribution is -0.121. The number of carbonyl (C=O) groups is 1. The lowest BCUT2D eigenvalue weighted by Gasteiger charge is -2.32. The fourth-order valence-electron chi connectivity index (χ4n) is 2.67. The Morgan fingerprint density at radius 3 is 2.12 bits per heavy atom. The fourth-order valence-corrected chi connectivity index (χ4v) is 2.67. The molecule has 1 aliphatic heterocycles. The Labute approximate surface area is 146 Å². The van der Waals surface area contributed by atoms with Crippen LogP contribution in [0.1, 0.15) is 59.9 Å². The quantitative estimate of drug-likeness (QED) is 0.816. The second-order valence-corrected chi connectivity index (χ2v) is 7.91. The van der Waals surface area contributed by atoms with Crippen LogP contribution in [0.25, 0.3) is 0 Å². The van der Waals surface area contributed by atoms with Gasteiger partial charge >= 0.3 is 7.12 Å². The Balaban J connectivity index is 1.87. The molecule has 132 valence electrons. The molecule has 5 heteroatoms. The molecule has 1 N–H and O–H groups in total. The van der Waals surface area contributed by atoms with E-state index in [0.29, 0.717) is 6.42 Å². The SMILES string of the molecule is CC(C)NC(=O)CCCc1ccc(B2OC(C)(C)C(C)(C)O2)cc1. The van der Waals surface area contributed by atoms with Gasteiger partial charge in [0.2, 0.25) is 5.91 Å². The van der Waals surface area contributed by atoms with Crippen molar-refractivity contribution in [3.63, 3.8) is 0 Å². The van der Waals surface area contributed by atoms with E-state index in [1.165, 1.54) is 5.56 Å². The molecule has 1 fully saturated rings. The Kier molecular flexibility index (Phi) is 5.76. The summed E-state index contributed by atoms with van der Waals surface area (Å²) in [5, 5.41) is 2.92. The monoisotopic (exact) mass is 331 g/mol. The third kappa shape index (κ3) is 4.61. The van der Waals surface area contributed by atoms with Crippen molar-refractivity contribution in [3.05, 3.63) is 29.8 Å². The molecule has 2 rings (SSSR count). The molecule has 0 aromatic heterocycles. The Bertz CT molecular complexity index is 550. The van der Waals surface area contributed by atoms with Gasteiger partial charge in [0, 0.05) is 12.5 Å². The summed E-state index contributed by atoms with van der Waals surface area (Å²) in [5.41, 5.74) is 1.63. The normalized spacial score (nSPS) is 18.9. The minimum atomic E-state index is -0.319. The van der Waals surface area contributed by atoms with Crippen molar-refractivity contribution in [2.45, 2.75) is 78.0 Å². The zero-order chi connectivity index (χ0) is 18.0. The van der Waals surface area contributed by atoms with Gasteiger partial charge in [0.05, 0.1) is 11.2 Å². The second kappa shape index (κ2) is 7.28. The number of hydrogen-bond donors (Lipinski definition) is 1. The summed E-state index contributed by atoms with van der Waals surface area (Å²) in [6.07, 6.45) is 2.32.